The number of phenols is 1. The smallest absolute Gasteiger partial charge is 0.415 e. The van der Waals surface area contributed by atoms with Gasteiger partial charge in [-0.1, -0.05) is 36.7 Å². The minimum absolute atomic E-state index is 0. The van der Waals surface area contributed by atoms with E-state index in [1.165, 1.54) is 12.1 Å². The van der Waals surface area contributed by atoms with Gasteiger partial charge in [0.05, 0.1) is 15.6 Å². The molecule has 0 fully saturated rings. The first kappa shape index (κ1) is 33.7. The molecule has 15 heteroatoms. The van der Waals surface area contributed by atoms with E-state index in [4.69, 9.17) is 16.3 Å². The van der Waals surface area contributed by atoms with Gasteiger partial charge in [-0.2, -0.15) is 0 Å². The Morgan fingerprint density at radius 3 is 2.60 bits per heavy atom. The third kappa shape index (κ3) is 7.59. The maximum absolute atomic E-state index is 13.0. The average molecular weight is 669 g/mol. The highest BCUT2D eigenvalue weighted by molar-refractivity contribution is 7.91. The molecule has 3 aromatic carbocycles. The number of anilines is 2. The van der Waals surface area contributed by atoms with Crippen LogP contribution in [0.4, 0.5) is 11.4 Å². The monoisotopic (exact) mass is 667 g/mol. The number of pyridine rings is 1. The topological polar surface area (TPSA) is 145 Å². The number of benzene rings is 3. The van der Waals surface area contributed by atoms with Gasteiger partial charge in [-0.3, -0.25) is 14.5 Å². The van der Waals surface area contributed by atoms with Crippen molar-refractivity contribution in [2.45, 2.75) is 23.4 Å². The summed E-state index contributed by atoms with van der Waals surface area (Å²) in [6.07, 6.45) is 1.70. The molecule has 2 heterocycles. The summed E-state index contributed by atoms with van der Waals surface area (Å²) in [6.45, 7) is 3.29. The Hall–Kier alpha value is -3.81. The molecule has 0 aliphatic carbocycles. The van der Waals surface area contributed by atoms with Crippen LogP contribution >= 0.6 is 36.4 Å². The standard InChI is InChI=1S/C28H26ClN5O6S.2ClH/c1-2-33(14-15-39-27-28(34(36)40-32-27)41(37,38)22-6-4-3-5-7-22)18-19-16-21(9-11-26(19)35)31-24-12-13-30-25-17-20(29)8-10-23(24)25;;/h3-13,16-17,35H,2,14-15,18H2,1H3,(H,30,31);2*1H. The molecule has 43 heavy (non-hydrogen) atoms. The Labute approximate surface area is 265 Å². The van der Waals surface area contributed by atoms with E-state index >= 15 is 0 Å². The van der Waals surface area contributed by atoms with E-state index in [1.54, 1.807) is 48.7 Å². The summed E-state index contributed by atoms with van der Waals surface area (Å²) in [5.74, 6) is -0.291. The van der Waals surface area contributed by atoms with E-state index in [0.717, 1.165) is 22.3 Å². The molecule has 5 rings (SSSR count). The number of likely N-dealkylation sites (N-methyl/N-ethyl adjacent to an activating group) is 1. The van der Waals surface area contributed by atoms with Crippen LogP contribution in [0.25, 0.3) is 10.9 Å². The summed E-state index contributed by atoms with van der Waals surface area (Å²) in [5, 5.41) is 30.3. The molecule has 0 saturated heterocycles. The molecule has 11 nitrogen and oxygen atoms in total. The fourth-order valence-corrected chi connectivity index (χ4v) is 5.74. The number of hydrogen-bond acceptors (Lipinski definition) is 10. The highest BCUT2D eigenvalue weighted by Crippen LogP contribution is 2.30. The van der Waals surface area contributed by atoms with Crippen molar-refractivity contribution >= 4 is 68.5 Å². The van der Waals surface area contributed by atoms with E-state index < -0.39 is 20.7 Å². The van der Waals surface area contributed by atoms with E-state index in [-0.39, 0.29) is 47.0 Å². The number of halogens is 3. The molecule has 228 valence electrons. The summed E-state index contributed by atoms with van der Waals surface area (Å²) in [7, 11) is -4.21. The van der Waals surface area contributed by atoms with Crippen molar-refractivity contribution in [2.24, 2.45) is 0 Å². The molecule has 0 spiro atoms. The van der Waals surface area contributed by atoms with Crippen LogP contribution in [0.15, 0.2) is 93.5 Å². The van der Waals surface area contributed by atoms with Crippen molar-refractivity contribution in [1.29, 1.82) is 0 Å². The first-order chi connectivity index (χ1) is 19.8. The third-order valence-electron chi connectivity index (χ3n) is 6.41. The SMILES string of the molecule is CCN(CCOc1no[n+]([O-])c1S(=O)(=O)c1ccccc1)Cc1cc(Nc2ccnc3cc(Cl)ccc23)ccc1O.Cl.Cl. The van der Waals surface area contributed by atoms with Crippen molar-refractivity contribution in [1.82, 2.24) is 15.0 Å². The van der Waals surface area contributed by atoms with Crippen molar-refractivity contribution < 1.29 is 27.8 Å². The van der Waals surface area contributed by atoms with Gasteiger partial charge in [0.15, 0.2) is 0 Å². The van der Waals surface area contributed by atoms with Crippen LogP contribution < -0.4 is 15.0 Å². The molecule has 0 aliphatic rings. The van der Waals surface area contributed by atoms with Gasteiger partial charge in [0.25, 0.3) is 9.84 Å². The largest absolute Gasteiger partial charge is 0.508 e. The Morgan fingerprint density at radius 2 is 1.86 bits per heavy atom. The third-order valence-corrected chi connectivity index (χ3v) is 8.37. The van der Waals surface area contributed by atoms with Crippen molar-refractivity contribution in [3.63, 3.8) is 0 Å². The molecule has 0 saturated carbocycles. The molecule has 2 aromatic heterocycles. The highest BCUT2D eigenvalue weighted by atomic mass is 35.5. The van der Waals surface area contributed by atoms with Gasteiger partial charge in [-0.25, -0.2) is 8.42 Å². The summed E-state index contributed by atoms with van der Waals surface area (Å²) in [6, 6.07) is 20.1. The van der Waals surface area contributed by atoms with Crippen LogP contribution in [-0.4, -0.2) is 48.3 Å². The summed E-state index contributed by atoms with van der Waals surface area (Å²) >= 11 is 6.11. The predicted molar refractivity (Wildman–Crippen MR) is 166 cm³/mol. The van der Waals surface area contributed by atoms with Crippen LogP contribution in [0.2, 0.25) is 5.02 Å². The minimum atomic E-state index is -4.21. The molecule has 0 aliphatic heterocycles. The Bertz CT molecular complexity index is 1790. The second kappa shape index (κ2) is 14.6. The maximum Gasteiger partial charge on any atom is 0.415 e. The second-order valence-electron chi connectivity index (χ2n) is 9.06. The molecule has 0 amide bonds. The number of aromatic hydroxyl groups is 1. The van der Waals surface area contributed by atoms with Crippen LogP contribution in [0.1, 0.15) is 12.5 Å². The predicted octanol–water partition coefficient (Wildman–Crippen LogP) is 5.54. The highest BCUT2D eigenvalue weighted by Gasteiger charge is 2.35. The second-order valence-corrected chi connectivity index (χ2v) is 11.4. The van der Waals surface area contributed by atoms with Gasteiger partial charge in [-0.15, -0.1) is 24.8 Å². The van der Waals surface area contributed by atoms with Crippen molar-refractivity contribution in [3.8, 4) is 11.6 Å². The number of rotatable bonds is 11. The van der Waals surface area contributed by atoms with E-state index in [2.05, 4.69) is 20.1 Å². The van der Waals surface area contributed by atoms with Crippen molar-refractivity contribution in [2.75, 3.05) is 25.0 Å². The normalized spacial score (nSPS) is 11.1. The fourth-order valence-electron chi connectivity index (χ4n) is 4.28. The van der Waals surface area contributed by atoms with Gasteiger partial charge >= 0.3 is 10.9 Å². The van der Waals surface area contributed by atoms with Crippen LogP contribution in [0, 0.1) is 5.21 Å². The van der Waals surface area contributed by atoms with Gasteiger partial charge in [0, 0.05) is 46.6 Å². The zero-order chi connectivity index (χ0) is 29.0. The molecule has 0 bridgehead atoms. The zero-order valence-corrected chi connectivity index (χ0v) is 25.9. The lowest BCUT2D eigenvalue weighted by Gasteiger charge is -2.21. The maximum atomic E-state index is 13.0. The van der Waals surface area contributed by atoms with Crippen LogP contribution in [0.3, 0.4) is 0 Å². The number of hydrogen-bond donors (Lipinski definition) is 2. The van der Waals surface area contributed by atoms with Crippen LogP contribution in [-0.2, 0) is 16.4 Å². The van der Waals surface area contributed by atoms with Crippen molar-refractivity contribution in [3.05, 3.63) is 94.8 Å². The van der Waals surface area contributed by atoms with Gasteiger partial charge < -0.3 is 20.4 Å². The molecule has 2 N–H and O–H groups in total. The number of ether oxygens (including phenoxy) is 1. The van der Waals surface area contributed by atoms with E-state index in [9.17, 15) is 18.7 Å². The fraction of sp³-hybridized carbons (Fsp3) is 0.179. The molecule has 0 atom stereocenters. The van der Waals surface area contributed by atoms with Gasteiger partial charge in [0.1, 0.15) is 12.4 Å². The summed E-state index contributed by atoms with van der Waals surface area (Å²) in [5.41, 5.74) is 3.04. The quantitative estimate of drug-likeness (QED) is 0.136. The number of sulfone groups is 1. The number of fused-ring (bicyclic) bond motifs is 1. The number of nitrogens with zero attached hydrogens (tertiary/aromatic N) is 4. The van der Waals surface area contributed by atoms with Gasteiger partial charge in [-0.05, 0) is 66.0 Å². The lowest BCUT2D eigenvalue weighted by Crippen LogP contribution is -2.31. The Kier molecular flexibility index (Phi) is 11.4. The first-order valence-electron chi connectivity index (χ1n) is 12.6. The average Bonchev–Trinajstić information content (AvgIpc) is 3.35. The summed E-state index contributed by atoms with van der Waals surface area (Å²) in [4.78, 5) is 6.10. The lowest BCUT2D eigenvalue weighted by atomic mass is 10.1. The molecular formula is C28H28Cl3N5O6S. The zero-order valence-electron chi connectivity index (χ0n) is 22.7. The van der Waals surface area contributed by atoms with Gasteiger partial charge in [0.2, 0.25) is 0 Å². The molecule has 5 aromatic rings. The first-order valence-corrected chi connectivity index (χ1v) is 14.5. The minimum Gasteiger partial charge on any atom is -0.508 e. The Morgan fingerprint density at radius 1 is 1.09 bits per heavy atom. The molecule has 0 radical (unpaired) electrons. The number of aromatic nitrogens is 3. The lowest BCUT2D eigenvalue weighted by molar-refractivity contribution is -0.832. The van der Waals surface area contributed by atoms with E-state index in [1.807, 2.05) is 30.0 Å². The van der Waals surface area contributed by atoms with Crippen LogP contribution in [0.5, 0.6) is 11.6 Å². The molecule has 0 unspecified atom stereocenters. The molecular weight excluding hydrogens is 641 g/mol. The summed E-state index contributed by atoms with van der Waals surface area (Å²) < 4.78 is 36.0. The number of nitrogens with one attached hydrogen (secondary N) is 1. The number of phenolic OH excluding ortho intramolecular Hbond substituents is 1. The Balaban J connectivity index is 0.00000253. The van der Waals surface area contributed by atoms with E-state index in [0.29, 0.717) is 30.2 Å².